The van der Waals surface area contributed by atoms with Gasteiger partial charge in [0, 0.05) is 42.3 Å². The normalized spacial score (nSPS) is 18.9. The summed E-state index contributed by atoms with van der Waals surface area (Å²) in [6.45, 7) is 1.75. The van der Waals surface area contributed by atoms with E-state index in [-0.39, 0.29) is 11.5 Å². The number of halogens is 2. The van der Waals surface area contributed by atoms with Gasteiger partial charge < -0.3 is 10.6 Å². The number of nitrogens with two attached hydrogens (primary N) is 1. The summed E-state index contributed by atoms with van der Waals surface area (Å²) in [5.41, 5.74) is 11.0. The van der Waals surface area contributed by atoms with Crippen LogP contribution in [0.5, 0.6) is 0 Å². The number of anilines is 1. The number of aromatic nitrogens is 4. The molecule has 180 valence electrons. The van der Waals surface area contributed by atoms with Crippen LogP contribution in [0.15, 0.2) is 67.0 Å². The van der Waals surface area contributed by atoms with Crippen molar-refractivity contribution in [3.05, 3.63) is 88.2 Å². The topological polar surface area (TPSA) is 72.9 Å². The van der Waals surface area contributed by atoms with E-state index in [0.717, 1.165) is 54.2 Å². The molecule has 0 saturated carbocycles. The highest BCUT2D eigenvalue weighted by atomic mass is 35.5. The molecule has 0 bridgehead atoms. The van der Waals surface area contributed by atoms with Crippen LogP contribution in [0.3, 0.4) is 0 Å². The van der Waals surface area contributed by atoms with E-state index in [0.29, 0.717) is 21.6 Å². The van der Waals surface area contributed by atoms with E-state index in [9.17, 15) is 0 Å². The maximum atomic E-state index is 6.75. The molecule has 2 aromatic heterocycles. The predicted molar refractivity (Wildman–Crippen MR) is 145 cm³/mol. The highest BCUT2D eigenvalue weighted by Gasteiger charge is 2.46. The van der Waals surface area contributed by atoms with Gasteiger partial charge in [-0.2, -0.15) is 4.98 Å². The average Bonchev–Trinajstić information content (AvgIpc) is 3.43. The van der Waals surface area contributed by atoms with Gasteiger partial charge >= 0.3 is 0 Å². The van der Waals surface area contributed by atoms with Crippen LogP contribution in [-0.2, 0) is 6.42 Å². The van der Waals surface area contributed by atoms with Gasteiger partial charge in [0.15, 0.2) is 5.65 Å². The van der Waals surface area contributed by atoms with Gasteiger partial charge in [-0.15, -0.1) is 5.10 Å². The molecule has 0 unspecified atom stereocenters. The van der Waals surface area contributed by atoms with Gasteiger partial charge in [-0.1, -0.05) is 71.7 Å². The lowest BCUT2D eigenvalue weighted by atomic mass is 9.73. The molecule has 1 fully saturated rings. The first-order valence-corrected chi connectivity index (χ1v) is 13.0. The lowest BCUT2D eigenvalue weighted by Crippen LogP contribution is -2.44. The number of piperidine rings is 1. The van der Waals surface area contributed by atoms with E-state index in [1.807, 2.05) is 36.7 Å². The third-order valence-electron chi connectivity index (χ3n) is 8.03. The Hall–Kier alpha value is -3.19. The van der Waals surface area contributed by atoms with Crippen LogP contribution in [0.1, 0.15) is 30.0 Å². The van der Waals surface area contributed by atoms with E-state index in [2.05, 4.69) is 34.1 Å². The zero-order valence-corrected chi connectivity index (χ0v) is 21.0. The molecule has 5 aromatic rings. The molecule has 1 aliphatic carbocycles. The molecule has 1 atom stereocenters. The summed E-state index contributed by atoms with van der Waals surface area (Å²) < 4.78 is 1.78. The van der Waals surface area contributed by atoms with Gasteiger partial charge in [0.2, 0.25) is 5.95 Å². The van der Waals surface area contributed by atoms with Crippen LogP contribution in [-0.4, -0.2) is 32.8 Å². The van der Waals surface area contributed by atoms with Gasteiger partial charge in [0.1, 0.15) is 0 Å². The van der Waals surface area contributed by atoms with Crippen LogP contribution < -0.4 is 10.6 Å². The van der Waals surface area contributed by atoms with Crippen LogP contribution in [0, 0.1) is 5.41 Å². The fourth-order valence-electron chi connectivity index (χ4n) is 6.05. The number of benzene rings is 3. The van der Waals surface area contributed by atoms with Crippen molar-refractivity contribution in [2.45, 2.75) is 25.3 Å². The Labute approximate surface area is 218 Å². The Morgan fingerprint density at radius 3 is 2.50 bits per heavy atom. The number of fused-ring (bicyclic) bond motifs is 3. The number of hydrogen-bond donors (Lipinski definition) is 1. The zero-order valence-electron chi connectivity index (χ0n) is 19.5. The van der Waals surface area contributed by atoms with Crippen LogP contribution in [0.25, 0.3) is 27.5 Å². The molecule has 3 heterocycles. The summed E-state index contributed by atoms with van der Waals surface area (Å²) in [7, 11) is 0. The second-order valence-electron chi connectivity index (χ2n) is 9.96. The maximum Gasteiger partial charge on any atom is 0.227 e. The monoisotopic (exact) mass is 514 g/mol. The number of rotatable bonds is 2. The van der Waals surface area contributed by atoms with Crippen LogP contribution in [0.2, 0.25) is 10.0 Å². The molecule has 3 aromatic carbocycles. The first kappa shape index (κ1) is 22.0. The quantitative estimate of drug-likeness (QED) is 0.307. The summed E-state index contributed by atoms with van der Waals surface area (Å²) in [6, 6.07) is 18.4. The molecule has 0 radical (unpaired) electrons. The van der Waals surface area contributed by atoms with Gasteiger partial charge in [-0.25, -0.2) is 9.67 Å². The lowest BCUT2D eigenvalue weighted by molar-refractivity contribution is 0.187. The first-order valence-electron chi connectivity index (χ1n) is 12.2. The minimum Gasteiger partial charge on any atom is -0.341 e. The minimum absolute atomic E-state index is 0.0916. The van der Waals surface area contributed by atoms with Crippen molar-refractivity contribution < 1.29 is 0 Å². The average molecular weight is 515 g/mol. The molecule has 1 saturated heterocycles. The molecule has 36 heavy (non-hydrogen) atoms. The minimum atomic E-state index is 0.0916. The molecule has 8 heteroatoms. The Kier molecular flexibility index (Phi) is 5.00. The molecule has 6 nitrogen and oxygen atoms in total. The van der Waals surface area contributed by atoms with E-state index < -0.39 is 0 Å². The summed E-state index contributed by atoms with van der Waals surface area (Å²) >= 11 is 13.1. The Morgan fingerprint density at radius 2 is 1.69 bits per heavy atom. The van der Waals surface area contributed by atoms with Crippen LogP contribution in [0.4, 0.5) is 5.95 Å². The van der Waals surface area contributed by atoms with E-state index >= 15 is 0 Å². The van der Waals surface area contributed by atoms with Gasteiger partial charge in [-0.3, -0.25) is 0 Å². The van der Waals surface area contributed by atoms with Gasteiger partial charge in [0.25, 0.3) is 0 Å². The number of nitrogens with zero attached hydrogens (tertiary/aromatic N) is 5. The molecule has 7 rings (SSSR count). The lowest BCUT2D eigenvalue weighted by Gasteiger charge is -2.42. The van der Waals surface area contributed by atoms with Crippen molar-refractivity contribution in [2.75, 3.05) is 18.0 Å². The highest BCUT2D eigenvalue weighted by Crippen LogP contribution is 2.50. The fourth-order valence-corrected chi connectivity index (χ4v) is 6.68. The summed E-state index contributed by atoms with van der Waals surface area (Å²) in [4.78, 5) is 11.8. The van der Waals surface area contributed by atoms with Crippen LogP contribution >= 0.6 is 23.2 Å². The van der Waals surface area contributed by atoms with Crippen molar-refractivity contribution in [1.82, 2.24) is 19.7 Å². The SMILES string of the molecule is N[C@@H]1c2ccccc2CC12CCN(c1ncc3cn(-c4c(Cl)cc(Cl)c5ccccc45)nc3n1)CC2. The second kappa shape index (κ2) is 8.17. The molecule has 2 aliphatic rings. The highest BCUT2D eigenvalue weighted by molar-refractivity contribution is 6.40. The van der Waals surface area contributed by atoms with Crippen molar-refractivity contribution >= 4 is 51.0 Å². The molecule has 1 spiro atoms. The molecule has 0 amide bonds. The van der Waals surface area contributed by atoms with Crippen molar-refractivity contribution in [3.8, 4) is 5.69 Å². The molecular weight excluding hydrogens is 491 g/mol. The van der Waals surface area contributed by atoms with Gasteiger partial charge in [0.05, 0.1) is 21.1 Å². The van der Waals surface area contributed by atoms with Crippen molar-refractivity contribution in [1.29, 1.82) is 0 Å². The largest absolute Gasteiger partial charge is 0.341 e. The third kappa shape index (κ3) is 3.32. The van der Waals surface area contributed by atoms with Crippen molar-refractivity contribution in [3.63, 3.8) is 0 Å². The van der Waals surface area contributed by atoms with Crippen molar-refractivity contribution in [2.24, 2.45) is 11.1 Å². The predicted octanol–water partition coefficient (Wildman–Crippen LogP) is 6.12. The maximum absolute atomic E-state index is 6.75. The summed E-state index contributed by atoms with van der Waals surface area (Å²) in [5, 5.41) is 8.66. The Bertz CT molecular complexity index is 1640. The Morgan fingerprint density at radius 1 is 0.944 bits per heavy atom. The van der Waals surface area contributed by atoms with E-state index in [1.54, 1.807) is 10.7 Å². The molecule has 2 N–H and O–H groups in total. The van der Waals surface area contributed by atoms with Gasteiger partial charge in [-0.05, 0) is 41.9 Å². The molecule has 1 aliphatic heterocycles. The van der Waals surface area contributed by atoms with E-state index in [4.69, 9.17) is 39.0 Å². The Balaban J connectivity index is 1.18. The molecular formula is C28H24Cl2N6. The fraction of sp³-hybridized carbons (Fsp3) is 0.250. The first-order chi connectivity index (χ1) is 17.5. The summed E-state index contributed by atoms with van der Waals surface area (Å²) in [6.07, 6.45) is 6.85. The second-order valence-corrected chi connectivity index (χ2v) is 10.8. The van der Waals surface area contributed by atoms with E-state index in [1.165, 1.54) is 11.1 Å². The standard InChI is InChI=1S/C28H24Cl2N6/c29-22-13-23(30)24(21-8-4-3-7-20(21)22)36-16-18-15-32-27(33-26(18)34-36)35-11-9-28(10-12-35)14-17-5-1-2-6-19(17)25(28)31/h1-8,13,15-16,25H,9-12,14,31H2/t25-/m1/s1. The summed E-state index contributed by atoms with van der Waals surface area (Å²) in [5.74, 6) is 0.707. The smallest absolute Gasteiger partial charge is 0.227 e. The third-order valence-corrected chi connectivity index (χ3v) is 8.63. The zero-order chi connectivity index (χ0) is 24.4. The number of hydrogen-bond acceptors (Lipinski definition) is 5.